The molecule has 0 aliphatic carbocycles. The van der Waals surface area contributed by atoms with E-state index in [4.69, 9.17) is 0 Å². The quantitative estimate of drug-likeness (QED) is 0.867. The molecular formula is C17H22N2S. The Morgan fingerprint density at radius 1 is 0.950 bits per heavy atom. The highest BCUT2D eigenvalue weighted by atomic mass is 32.2. The molecule has 0 fully saturated rings. The van der Waals surface area contributed by atoms with E-state index < -0.39 is 0 Å². The van der Waals surface area contributed by atoms with Crippen LogP contribution in [0.3, 0.4) is 0 Å². The summed E-state index contributed by atoms with van der Waals surface area (Å²) >= 11 is 1.70. The van der Waals surface area contributed by atoms with E-state index in [1.165, 1.54) is 16.0 Å². The van der Waals surface area contributed by atoms with Gasteiger partial charge in [0.25, 0.3) is 0 Å². The predicted octanol–water partition coefficient (Wildman–Crippen LogP) is 4.64. The van der Waals surface area contributed by atoms with E-state index in [1.807, 2.05) is 13.2 Å². The molecular weight excluding hydrogens is 264 g/mol. The highest BCUT2D eigenvalue weighted by molar-refractivity contribution is 7.99. The van der Waals surface area contributed by atoms with E-state index in [0.29, 0.717) is 12.0 Å². The summed E-state index contributed by atoms with van der Waals surface area (Å²) in [5.74, 6) is 0.578. The van der Waals surface area contributed by atoms with Gasteiger partial charge in [-0.25, -0.2) is 4.98 Å². The lowest BCUT2D eigenvalue weighted by atomic mass is 10.0. The average molecular weight is 286 g/mol. The molecule has 0 amide bonds. The Kier molecular flexibility index (Phi) is 5.21. The molecule has 0 radical (unpaired) electrons. The molecule has 3 heteroatoms. The molecule has 0 saturated carbocycles. The Balaban J connectivity index is 2.06. The molecule has 2 aromatic rings. The molecule has 1 N–H and O–H groups in total. The Labute approximate surface area is 126 Å². The van der Waals surface area contributed by atoms with Crippen molar-refractivity contribution in [2.24, 2.45) is 0 Å². The molecule has 0 spiro atoms. The van der Waals surface area contributed by atoms with Crippen LogP contribution in [-0.4, -0.2) is 12.0 Å². The van der Waals surface area contributed by atoms with Gasteiger partial charge in [-0.3, -0.25) is 0 Å². The minimum atomic E-state index is 0.340. The Hall–Kier alpha value is -1.32. The van der Waals surface area contributed by atoms with Crippen molar-refractivity contribution in [2.75, 3.05) is 7.05 Å². The van der Waals surface area contributed by atoms with Gasteiger partial charge in [0.2, 0.25) is 0 Å². The molecule has 1 heterocycles. The van der Waals surface area contributed by atoms with Gasteiger partial charge in [-0.2, -0.15) is 0 Å². The van der Waals surface area contributed by atoms with Crippen molar-refractivity contribution < 1.29 is 0 Å². The van der Waals surface area contributed by atoms with Gasteiger partial charge in [-0.15, -0.1) is 0 Å². The minimum absolute atomic E-state index is 0.340. The maximum absolute atomic E-state index is 4.52. The van der Waals surface area contributed by atoms with Crippen LogP contribution in [0.2, 0.25) is 0 Å². The van der Waals surface area contributed by atoms with Crippen LogP contribution in [0.5, 0.6) is 0 Å². The summed E-state index contributed by atoms with van der Waals surface area (Å²) in [4.78, 5) is 5.76. The molecule has 1 aromatic carbocycles. The van der Waals surface area contributed by atoms with Crippen LogP contribution < -0.4 is 5.32 Å². The number of pyridine rings is 1. The van der Waals surface area contributed by atoms with Crippen LogP contribution in [0.15, 0.2) is 52.5 Å². The lowest BCUT2D eigenvalue weighted by Gasteiger charge is -2.10. The summed E-state index contributed by atoms with van der Waals surface area (Å²) in [7, 11) is 1.96. The maximum atomic E-state index is 4.52. The highest BCUT2D eigenvalue weighted by Crippen LogP contribution is 2.28. The van der Waals surface area contributed by atoms with Crippen molar-refractivity contribution in [1.29, 1.82) is 0 Å². The summed E-state index contributed by atoms with van der Waals surface area (Å²) in [6.07, 6.45) is 1.95. The zero-order valence-corrected chi connectivity index (χ0v) is 13.4. The maximum Gasteiger partial charge on any atom is 0.101 e. The lowest BCUT2D eigenvalue weighted by Crippen LogP contribution is -2.12. The molecule has 1 unspecified atom stereocenters. The summed E-state index contributed by atoms with van der Waals surface area (Å²) in [6.45, 7) is 6.56. The molecule has 2 nitrogen and oxygen atoms in total. The summed E-state index contributed by atoms with van der Waals surface area (Å²) in [5, 5.41) is 4.26. The fourth-order valence-electron chi connectivity index (χ4n) is 1.92. The van der Waals surface area contributed by atoms with Crippen molar-refractivity contribution in [2.45, 2.75) is 42.7 Å². The topological polar surface area (TPSA) is 24.9 Å². The first-order valence-electron chi connectivity index (χ1n) is 7.01. The molecule has 1 atom stereocenters. The number of rotatable bonds is 5. The number of nitrogens with zero attached hydrogens (tertiary/aromatic N) is 1. The van der Waals surface area contributed by atoms with Gasteiger partial charge in [0.05, 0.1) is 0 Å². The summed E-state index contributed by atoms with van der Waals surface area (Å²) in [6, 6.07) is 13.3. The molecule has 20 heavy (non-hydrogen) atoms. The van der Waals surface area contributed by atoms with E-state index in [1.54, 1.807) is 11.8 Å². The molecule has 0 bridgehead atoms. The lowest BCUT2D eigenvalue weighted by molar-refractivity contribution is 0.648. The van der Waals surface area contributed by atoms with E-state index in [0.717, 1.165) is 5.03 Å². The number of hydrogen-bond acceptors (Lipinski definition) is 3. The van der Waals surface area contributed by atoms with Gasteiger partial charge in [-0.1, -0.05) is 43.8 Å². The fourth-order valence-corrected chi connectivity index (χ4v) is 2.67. The smallest absolute Gasteiger partial charge is 0.101 e. The van der Waals surface area contributed by atoms with Crippen LogP contribution in [0.4, 0.5) is 0 Å². The Morgan fingerprint density at radius 2 is 1.60 bits per heavy atom. The van der Waals surface area contributed by atoms with Gasteiger partial charge in [-0.05, 0) is 49.2 Å². The van der Waals surface area contributed by atoms with Gasteiger partial charge in [0, 0.05) is 17.1 Å². The third kappa shape index (κ3) is 3.84. The zero-order chi connectivity index (χ0) is 14.5. The van der Waals surface area contributed by atoms with Gasteiger partial charge >= 0.3 is 0 Å². The normalized spacial score (nSPS) is 12.7. The summed E-state index contributed by atoms with van der Waals surface area (Å²) in [5.41, 5.74) is 2.59. The third-order valence-electron chi connectivity index (χ3n) is 3.46. The second-order valence-electron chi connectivity index (χ2n) is 5.27. The van der Waals surface area contributed by atoms with Crippen LogP contribution in [0, 0.1) is 0 Å². The number of aromatic nitrogens is 1. The SMILES string of the molecule is CNC(C)c1ccc(Sc2ccc(C(C)C)cc2)nc1. The second kappa shape index (κ2) is 6.91. The number of benzene rings is 1. The van der Waals surface area contributed by atoms with Crippen molar-refractivity contribution in [3.05, 3.63) is 53.7 Å². The first-order valence-corrected chi connectivity index (χ1v) is 7.83. The monoisotopic (exact) mass is 286 g/mol. The third-order valence-corrected chi connectivity index (χ3v) is 4.42. The molecule has 2 rings (SSSR count). The molecule has 106 valence electrons. The van der Waals surface area contributed by atoms with Crippen molar-refractivity contribution in [1.82, 2.24) is 10.3 Å². The van der Waals surface area contributed by atoms with Gasteiger partial charge < -0.3 is 5.32 Å². The Bertz CT molecular complexity index is 532. The predicted molar refractivity (Wildman–Crippen MR) is 86.4 cm³/mol. The molecule has 0 aliphatic heterocycles. The fraction of sp³-hybridized carbons (Fsp3) is 0.353. The Morgan fingerprint density at radius 3 is 2.10 bits per heavy atom. The second-order valence-corrected chi connectivity index (χ2v) is 6.36. The average Bonchev–Trinajstić information content (AvgIpc) is 2.48. The van der Waals surface area contributed by atoms with Crippen LogP contribution >= 0.6 is 11.8 Å². The largest absolute Gasteiger partial charge is 0.313 e. The molecule has 1 aromatic heterocycles. The van der Waals surface area contributed by atoms with Gasteiger partial charge in [0.15, 0.2) is 0 Å². The number of nitrogens with one attached hydrogen (secondary N) is 1. The molecule has 0 saturated heterocycles. The highest BCUT2D eigenvalue weighted by Gasteiger charge is 2.05. The van der Waals surface area contributed by atoms with E-state index in [-0.39, 0.29) is 0 Å². The van der Waals surface area contributed by atoms with E-state index in [2.05, 4.69) is 67.5 Å². The standard InChI is InChI=1S/C17H22N2S/c1-12(2)14-5-8-16(9-6-14)20-17-10-7-15(11-19-17)13(3)18-4/h5-13,18H,1-4H3. The van der Waals surface area contributed by atoms with Crippen LogP contribution in [0.1, 0.15) is 43.9 Å². The zero-order valence-electron chi connectivity index (χ0n) is 12.6. The molecule has 0 aliphatic rings. The minimum Gasteiger partial charge on any atom is -0.313 e. The van der Waals surface area contributed by atoms with Crippen molar-refractivity contribution in [3.63, 3.8) is 0 Å². The first-order chi connectivity index (χ1) is 9.60. The van der Waals surface area contributed by atoms with Crippen LogP contribution in [-0.2, 0) is 0 Å². The first kappa shape index (κ1) is 15.1. The van der Waals surface area contributed by atoms with E-state index in [9.17, 15) is 0 Å². The van der Waals surface area contributed by atoms with E-state index >= 15 is 0 Å². The summed E-state index contributed by atoms with van der Waals surface area (Å²) < 4.78 is 0. The van der Waals surface area contributed by atoms with Crippen molar-refractivity contribution >= 4 is 11.8 Å². The van der Waals surface area contributed by atoms with Gasteiger partial charge in [0.1, 0.15) is 5.03 Å². The number of hydrogen-bond donors (Lipinski definition) is 1. The van der Waals surface area contributed by atoms with Crippen LogP contribution in [0.25, 0.3) is 0 Å². The van der Waals surface area contributed by atoms with Crippen molar-refractivity contribution in [3.8, 4) is 0 Å².